The van der Waals surface area contributed by atoms with E-state index in [4.69, 9.17) is 9.47 Å². The molecule has 0 bridgehead atoms. The maximum atomic E-state index is 12.3. The van der Waals surface area contributed by atoms with Crippen molar-refractivity contribution in [2.75, 3.05) is 26.1 Å². The molecule has 0 saturated heterocycles. The van der Waals surface area contributed by atoms with Crippen LogP contribution in [0.2, 0.25) is 0 Å². The molecule has 2 N–H and O–H groups in total. The van der Waals surface area contributed by atoms with Gasteiger partial charge in [-0.3, -0.25) is 4.79 Å². The standard InChI is InChI=1S/C23H25N3O3/c1-16-4-11-22(29-3)21(14-16)26-18-7-10-20(25-15-18)23(27)24-13-12-17-5-8-19(28-2)9-6-17/h4-11,14-15,26H,12-13H2,1-3H3,(H,24,27). The van der Waals surface area contributed by atoms with Gasteiger partial charge in [0.1, 0.15) is 17.2 Å². The highest BCUT2D eigenvalue weighted by atomic mass is 16.5. The van der Waals surface area contributed by atoms with E-state index < -0.39 is 0 Å². The molecule has 3 aromatic rings. The van der Waals surface area contributed by atoms with E-state index in [2.05, 4.69) is 15.6 Å². The van der Waals surface area contributed by atoms with Gasteiger partial charge in [0.15, 0.2) is 0 Å². The van der Waals surface area contributed by atoms with E-state index in [1.807, 2.05) is 55.5 Å². The summed E-state index contributed by atoms with van der Waals surface area (Å²) in [4.78, 5) is 16.6. The molecule has 0 atom stereocenters. The van der Waals surface area contributed by atoms with Gasteiger partial charge in [-0.15, -0.1) is 0 Å². The normalized spacial score (nSPS) is 10.3. The summed E-state index contributed by atoms with van der Waals surface area (Å²) in [5.41, 5.74) is 4.26. The van der Waals surface area contributed by atoms with Crippen LogP contribution < -0.4 is 20.1 Å². The van der Waals surface area contributed by atoms with Crippen LogP contribution >= 0.6 is 0 Å². The van der Waals surface area contributed by atoms with Crippen LogP contribution in [0.5, 0.6) is 11.5 Å². The minimum Gasteiger partial charge on any atom is -0.497 e. The Morgan fingerprint density at radius 2 is 1.79 bits per heavy atom. The number of carbonyl (C=O) groups is 1. The van der Waals surface area contributed by atoms with Crippen molar-refractivity contribution in [2.45, 2.75) is 13.3 Å². The number of aryl methyl sites for hydroxylation is 1. The first-order chi connectivity index (χ1) is 14.1. The highest BCUT2D eigenvalue weighted by molar-refractivity contribution is 5.92. The Hall–Kier alpha value is -3.54. The van der Waals surface area contributed by atoms with Gasteiger partial charge in [0.25, 0.3) is 5.91 Å². The Morgan fingerprint density at radius 3 is 2.45 bits per heavy atom. The largest absolute Gasteiger partial charge is 0.497 e. The zero-order chi connectivity index (χ0) is 20.6. The van der Waals surface area contributed by atoms with Crippen LogP contribution in [0.15, 0.2) is 60.8 Å². The Bertz CT molecular complexity index is 954. The molecule has 0 saturated carbocycles. The van der Waals surface area contributed by atoms with Crippen LogP contribution in [0.25, 0.3) is 0 Å². The van der Waals surface area contributed by atoms with E-state index >= 15 is 0 Å². The van der Waals surface area contributed by atoms with Crippen molar-refractivity contribution in [3.05, 3.63) is 77.6 Å². The number of amides is 1. The SMILES string of the molecule is COc1ccc(CCNC(=O)c2ccc(Nc3cc(C)ccc3OC)cn2)cc1. The minimum atomic E-state index is -0.196. The number of nitrogens with zero attached hydrogens (tertiary/aromatic N) is 1. The topological polar surface area (TPSA) is 72.5 Å². The molecule has 0 aliphatic heterocycles. The van der Waals surface area contributed by atoms with Gasteiger partial charge in [0, 0.05) is 6.54 Å². The molecule has 6 heteroatoms. The van der Waals surface area contributed by atoms with Crippen molar-refractivity contribution < 1.29 is 14.3 Å². The molecule has 1 aromatic heterocycles. The van der Waals surface area contributed by atoms with Crippen LogP contribution in [0.3, 0.4) is 0 Å². The molecule has 29 heavy (non-hydrogen) atoms. The smallest absolute Gasteiger partial charge is 0.269 e. The third kappa shape index (κ3) is 5.48. The molecule has 2 aromatic carbocycles. The summed E-state index contributed by atoms with van der Waals surface area (Å²) < 4.78 is 10.5. The lowest BCUT2D eigenvalue weighted by molar-refractivity contribution is 0.0949. The number of aromatic nitrogens is 1. The van der Waals surface area contributed by atoms with Gasteiger partial charge >= 0.3 is 0 Å². The second-order valence-electron chi connectivity index (χ2n) is 6.61. The Balaban J connectivity index is 1.55. The van der Waals surface area contributed by atoms with E-state index in [0.717, 1.165) is 40.4 Å². The van der Waals surface area contributed by atoms with Gasteiger partial charge in [0.2, 0.25) is 0 Å². The molecule has 0 aliphatic carbocycles. The molecule has 1 heterocycles. The number of hydrogen-bond acceptors (Lipinski definition) is 5. The van der Waals surface area contributed by atoms with Crippen molar-refractivity contribution in [3.8, 4) is 11.5 Å². The number of benzene rings is 2. The summed E-state index contributed by atoms with van der Waals surface area (Å²) in [6.07, 6.45) is 2.38. The summed E-state index contributed by atoms with van der Waals surface area (Å²) >= 11 is 0. The van der Waals surface area contributed by atoms with Crippen LogP contribution in [0.4, 0.5) is 11.4 Å². The van der Waals surface area contributed by atoms with E-state index in [9.17, 15) is 4.79 Å². The molecule has 1 amide bonds. The summed E-state index contributed by atoms with van der Waals surface area (Å²) in [6.45, 7) is 2.55. The quantitative estimate of drug-likeness (QED) is 0.604. The number of rotatable bonds is 8. The molecule has 0 spiro atoms. The second-order valence-corrected chi connectivity index (χ2v) is 6.61. The van der Waals surface area contributed by atoms with Gasteiger partial charge in [0.05, 0.1) is 31.8 Å². The first kappa shape index (κ1) is 20.2. The molecule has 150 valence electrons. The second kappa shape index (κ2) is 9.59. The van der Waals surface area contributed by atoms with Crippen LogP contribution in [0, 0.1) is 6.92 Å². The van der Waals surface area contributed by atoms with Crippen LogP contribution in [-0.4, -0.2) is 31.7 Å². The number of ether oxygens (including phenoxy) is 2. The van der Waals surface area contributed by atoms with Gasteiger partial charge in [-0.2, -0.15) is 0 Å². The van der Waals surface area contributed by atoms with Crippen molar-refractivity contribution in [2.24, 2.45) is 0 Å². The van der Waals surface area contributed by atoms with Crippen molar-refractivity contribution in [1.29, 1.82) is 0 Å². The van der Waals surface area contributed by atoms with Gasteiger partial charge in [-0.05, 0) is 60.9 Å². The predicted octanol–water partition coefficient (Wildman–Crippen LogP) is 4.12. The number of anilines is 2. The van der Waals surface area contributed by atoms with E-state index in [1.54, 1.807) is 26.5 Å². The fourth-order valence-electron chi connectivity index (χ4n) is 2.88. The van der Waals surface area contributed by atoms with Gasteiger partial charge in [-0.1, -0.05) is 18.2 Å². The number of carbonyl (C=O) groups excluding carboxylic acids is 1. The van der Waals surface area contributed by atoms with Crippen LogP contribution in [-0.2, 0) is 6.42 Å². The fraction of sp³-hybridized carbons (Fsp3) is 0.217. The number of pyridine rings is 1. The molecule has 3 rings (SSSR count). The number of methoxy groups -OCH3 is 2. The lowest BCUT2D eigenvalue weighted by Gasteiger charge is -2.12. The summed E-state index contributed by atoms with van der Waals surface area (Å²) in [5, 5.41) is 6.17. The monoisotopic (exact) mass is 391 g/mol. The first-order valence-electron chi connectivity index (χ1n) is 9.38. The molecule has 0 unspecified atom stereocenters. The number of hydrogen-bond donors (Lipinski definition) is 2. The highest BCUT2D eigenvalue weighted by Crippen LogP contribution is 2.28. The third-order valence-electron chi connectivity index (χ3n) is 4.49. The fourth-order valence-corrected chi connectivity index (χ4v) is 2.88. The molecule has 6 nitrogen and oxygen atoms in total. The van der Waals surface area contributed by atoms with E-state index in [0.29, 0.717) is 12.2 Å². The maximum Gasteiger partial charge on any atom is 0.269 e. The Kier molecular flexibility index (Phi) is 6.68. The molecule has 0 aliphatic rings. The molecular formula is C23H25N3O3. The molecule has 0 fully saturated rings. The van der Waals surface area contributed by atoms with E-state index in [1.165, 1.54) is 0 Å². The van der Waals surface area contributed by atoms with Crippen molar-refractivity contribution >= 4 is 17.3 Å². The van der Waals surface area contributed by atoms with E-state index in [-0.39, 0.29) is 5.91 Å². The lowest BCUT2D eigenvalue weighted by atomic mass is 10.1. The highest BCUT2D eigenvalue weighted by Gasteiger charge is 2.08. The van der Waals surface area contributed by atoms with Gasteiger partial charge in [-0.25, -0.2) is 4.98 Å². The minimum absolute atomic E-state index is 0.196. The summed E-state index contributed by atoms with van der Waals surface area (Å²) in [5.74, 6) is 1.37. The van der Waals surface area contributed by atoms with Gasteiger partial charge < -0.3 is 20.1 Å². The van der Waals surface area contributed by atoms with Crippen LogP contribution in [0.1, 0.15) is 21.6 Å². The summed E-state index contributed by atoms with van der Waals surface area (Å²) in [6, 6.07) is 17.2. The first-order valence-corrected chi connectivity index (χ1v) is 9.38. The Morgan fingerprint density at radius 1 is 1.00 bits per heavy atom. The zero-order valence-electron chi connectivity index (χ0n) is 16.9. The molecular weight excluding hydrogens is 366 g/mol. The van der Waals surface area contributed by atoms with Crippen molar-refractivity contribution in [3.63, 3.8) is 0 Å². The summed E-state index contributed by atoms with van der Waals surface area (Å²) in [7, 11) is 3.27. The molecule has 0 radical (unpaired) electrons. The predicted molar refractivity (Wildman–Crippen MR) is 114 cm³/mol. The average Bonchev–Trinajstić information content (AvgIpc) is 2.75. The number of nitrogens with one attached hydrogen (secondary N) is 2. The zero-order valence-corrected chi connectivity index (χ0v) is 16.9. The maximum absolute atomic E-state index is 12.3. The lowest BCUT2D eigenvalue weighted by Crippen LogP contribution is -2.26. The Labute approximate surface area is 170 Å². The third-order valence-corrected chi connectivity index (χ3v) is 4.49. The van der Waals surface area contributed by atoms with Crippen molar-refractivity contribution in [1.82, 2.24) is 10.3 Å². The average molecular weight is 391 g/mol.